The third-order valence-electron chi connectivity index (χ3n) is 4.35. The average Bonchev–Trinajstić information content (AvgIpc) is 2.54. The fourth-order valence-corrected chi connectivity index (χ4v) is 3.21. The highest BCUT2D eigenvalue weighted by atomic mass is 16.5. The van der Waals surface area contributed by atoms with Gasteiger partial charge in [0, 0.05) is 6.42 Å². The first kappa shape index (κ1) is 11.7. The highest BCUT2D eigenvalue weighted by Gasteiger charge is 2.40. The average molecular weight is 246 g/mol. The fourth-order valence-electron chi connectivity index (χ4n) is 3.21. The number of benzene rings is 1. The molecule has 96 valence electrons. The van der Waals surface area contributed by atoms with Crippen LogP contribution in [0.3, 0.4) is 0 Å². The van der Waals surface area contributed by atoms with Crippen LogP contribution < -0.4 is 0 Å². The van der Waals surface area contributed by atoms with Gasteiger partial charge in [-0.1, -0.05) is 13.8 Å². The molecule has 0 unspecified atom stereocenters. The molecule has 3 heteroatoms. The Morgan fingerprint density at radius 1 is 1.39 bits per heavy atom. The largest absolute Gasteiger partial charge is 0.462 e. The third-order valence-corrected chi connectivity index (χ3v) is 4.35. The van der Waals surface area contributed by atoms with E-state index in [2.05, 4.69) is 20.8 Å². The Hall–Kier alpha value is -1.35. The van der Waals surface area contributed by atoms with Gasteiger partial charge >= 0.3 is 5.97 Å². The highest BCUT2D eigenvalue weighted by Crippen LogP contribution is 2.47. The topological polar surface area (TPSA) is 46.5 Å². The lowest BCUT2D eigenvalue weighted by Crippen LogP contribution is -2.20. The summed E-state index contributed by atoms with van der Waals surface area (Å²) in [7, 11) is 0. The standard InChI is InChI=1S/C15H18O3/c1-8-9-4-5-18-14(17)11(9)6-10-12(8)7-15(2,3)13(10)16/h6,13,16H,4-5,7H2,1-3H3/t13-/m0/s1. The normalized spacial score (nSPS) is 24.4. The smallest absolute Gasteiger partial charge is 0.338 e. The van der Waals surface area contributed by atoms with Gasteiger partial charge in [0.2, 0.25) is 0 Å². The Morgan fingerprint density at radius 2 is 2.11 bits per heavy atom. The number of hydrogen-bond acceptors (Lipinski definition) is 3. The zero-order valence-electron chi connectivity index (χ0n) is 11.0. The number of esters is 1. The first-order valence-corrected chi connectivity index (χ1v) is 6.42. The summed E-state index contributed by atoms with van der Waals surface area (Å²) in [6.45, 7) is 6.66. The van der Waals surface area contributed by atoms with Gasteiger partial charge in [0.15, 0.2) is 0 Å². The van der Waals surface area contributed by atoms with Crippen LogP contribution in [0.2, 0.25) is 0 Å². The van der Waals surface area contributed by atoms with Crippen LogP contribution in [0.4, 0.5) is 0 Å². The van der Waals surface area contributed by atoms with E-state index in [-0.39, 0.29) is 11.4 Å². The van der Waals surface area contributed by atoms with Gasteiger partial charge in [-0.05, 0) is 47.1 Å². The number of fused-ring (bicyclic) bond motifs is 2. The summed E-state index contributed by atoms with van der Waals surface area (Å²) in [5.74, 6) is -0.251. The van der Waals surface area contributed by atoms with Gasteiger partial charge < -0.3 is 9.84 Å². The molecule has 3 nitrogen and oxygen atoms in total. The number of hydrogen-bond donors (Lipinski definition) is 1. The molecule has 0 radical (unpaired) electrons. The first-order valence-electron chi connectivity index (χ1n) is 6.42. The van der Waals surface area contributed by atoms with Gasteiger partial charge in [-0.2, -0.15) is 0 Å². The predicted octanol–water partition coefficient (Wildman–Crippen LogP) is 2.32. The second-order valence-corrected chi connectivity index (χ2v) is 6.05. The van der Waals surface area contributed by atoms with Crippen LogP contribution in [0, 0.1) is 12.3 Å². The van der Waals surface area contributed by atoms with Crippen molar-refractivity contribution in [2.24, 2.45) is 5.41 Å². The van der Waals surface area contributed by atoms with Crippen molar-refractivity contribution in [3.63, 3.8) is 0 Å². The molecule has 1 N–H and O–H groups in total. The Labute approximate surface area is 107 Å². The molecule has 3 rings (SSSR count). The summed E-state index contributed by atoms with van der Waals surface area (Å²) in [5, 5.41) is 10.4. The third kappa shape index (κ3) is 1.43. The first-order chi connectivity index (χ1) is 8.42. The van der Waals surface area contributed by atoms with Crippen molar-refractivity contribution < 1.29 is 14.6 Å². The zero-order chi connectivity index (χ0) is 13.1. The number of carbonyl (C=O) groups excluding carboxylic acids is 1. The van der Waals surface area contributed by atoms with E-state index in [9.17, 15) is 9.90 Å². The summed E-state index contributed by atoms with van der Waals surface area (Å²) in [6.07, 6.45) is 1.17. The summed E-state index contributed by atoms with van der Waals surface area (Å²) in [5.41, 5.74) is 4.91. The SMILES string of the molecule is Cc1c2c(cc3c1CC(C)(C)[C@H]3O)C(=O)OCC2. The molecule has 1 aromatic carbocycles. The lowest BCUT2D eigenvalue weighted by Gasteiger charge is -2.22. The minimum atomic E-state index is -0.494. The molecule has 1 aliphatic carbocycles. The van der Waals surface area contributed by atoms with E-state index >= 15 is 0 Å². The Morgan fingerprint density at radius 3 is 2.83 bits per heavy atom. The second-order valence-electron chi connectivity index (χ2n) is 6.05. The zero-order valence-corrected chi connectivity index (χ0v) is 11.0. The molecule has 0 amide bonds. The van der Waals surface area contributed by atoms with E-state index in [0.29, 0.717) is 12.2 Å². The molecule has 0 saturated carbocycles. The summed E-state index contributed by atoms with van der Waals surface area (Å²) in [6, 6.07) is 1.85. The molecule has 1 atom stereocenters. The Bertz CT molecular complexity index is 543. The van der Waals surface area contributed by atoms with Gasteiger partial charge in [-0.15, -0.1) is 0 Å². The van der Waals surface area contributed by atoms with Crippen molar-refractivity contribution in [2.75, 3.05) is 6.61 Å². The van der Waals surface area contributed by atoms with Crippen molar-refractivity contribution in [3.05, 3.63) is 33.9 Å². The molecule has 0 spiro atoms. The van der Waals surface area contributed by atoms with E-state index in [1.165, 1.54) is 11.1 Å². The summed E-state index contributed by atoms with van der Waals surface area (Å²) >= 11 is 0. The van der Waals surface area contributed by atoms with Gasteiger partial charge in [0.05, 0.1) is 18.3 Å². The van der Waals surface area contributed by atoms with E-state index in [4.69, 9.17) is 4.74 Å². The molecular formula is C15H18O3. The van der Waals surface area contributed by atoms with Crippen molar-refractivity contribution in [2.45, 2.75) is 39.7 Å². The minimum Gasteiger partial charge on any atom is -0.462 e. The summed E-state index contributed by atoms with van der Waals surface area (Å²) in [4.78, 5) is 11.8. The number of rotatable bonds is 0. The van der Waals surface area contributed by atoms with Crippen LogP contribution in [0.1, 0.15) is 52.6 Å². The number of aliphatic hydroxyl groups is 1. The molecule has 1 heterocycles. The van der Waals surface area contributed by atoms with Gasteiger partial charge in [0.1, 0.15) is 0 Å². The number of cyclic esters (lactones) is 1. The molecule has 0 saturated heterocycles. The van der Waals surface area contributed by atoms with Gasteiger partial charge in [-0.25, -0.2) is 4.79 Å². The van der Waals surface area contributed by atoms with Crippen LogP contribution in [-0.4, -0.2) is 17.7 Å². The maximum absolute atomic E-state index is 11.8. The maximum atomic E-state index is 11.8. The minimum absolute atomic E-state index is 0.152. The van der Waals surface area contributed by atoms with E-state index in [0.717, 1.165) is 24.0 Å². The quantitative estimate of drug-likeness (QED) is 0.715. The molecule has 0 bridgehead atoms. The van der Waals surface area contributed by atoms with Crippen molar-refractivity contribution in [1.82, 2.24) is 0 Å². The Balaban J connectivity index is 2.23. The van der Waals surface area contributed by atoms with E-state index < -0.39 is 6.10 Å². The van der Waals surface area contributed by atoms with Crippen LogP contribution in [0.15, 0.2) is 6.07 Å². The molecular weight excluding hydrogens is 228 g/mol. The van der Waals surface area contributed by atoms with Gasteiger partial charge in [-0.3, -0.25) is 0 Å². The van der Waals surface area contributed by atoms with Crippen LogP contribution in [0.25, 0.3) is 0 Å². The Kier molecular flexibility index (Phi) is 2.33. The number of ether oxygens (including phenoxy) is 1. The molecule has 0 aromatic heterocycles. The molecule has 1 aliphatic heterocycles. The van der Waals surface area contributed by atoms with Crippen LogP contribution in [-0.2, 0) is 17.6 Å². The predicted molar refractivity (Wildman–Crippen MR) is 67.6 cm³/mol. The van der Waals surface area contributed by atoms with E-state index in [1.807, 2.05) is 6.07 Å². The number of aliphatic hydroxyl groups excluding tert-OH is 1. The molecule has 0 fully saturated rings. The summed E-state index contributed by atoms with van der Waals surface area (Å²) < 4.78 is 5.09. The second kappa shape index (κ2) is 3.58. The number of carbonyl (C=O) groups is 1. The maximum Gasteiger partial charge on any atom is 0.338 e. The highest BCUT2D eigenvalue weighted by molar-refractivity contribution is 5.93. The lowest BCUT2D eigenvalue weighted by atomic mass is 9.87. The molecule has 1 aromatic rings. The molecule has 18 heavy (non-hydrogen) atoms. The van der Waals surface area contributed by atoms with Crippen LogP contribution in [0.5, 0.6) is 0 Å². The lowest BCUT2D eigenvalue weighted by molar-refractivity contribution is 0.0477. The van der Waals surface area contributed by atoms with Crippen molar-refractivity contribution in [1.29, 1.82) is 0 Å². The van der Waals surface area contributed by atoms with Crippen molar-refractivity contribution >= 4 is 5.97 Å². The fraction of sp³-hybridized carbons (Fsp3) is 0.533. The molecule has 2 aliphatic rings. The van der Waals surface area contributed by atoms with E-state index in [1.54, 1.807) is 0 Å². The monoisotopic (exact) mass is 246 g/mol. The van der Waals surface area contributed by atoms with Gasteiger partial charge in [0.25, 0.3) is 0 Å². The van der Waals surface area contributed by atoms with Crippen LogP contribution >= 0.6 is 0 Å². The van der Waals surface area contributed by atoms with Crippen molar-refractivity contribution in [3.8, 4) is 0 Å².